The van der Waals surface area contributed by atoms with Gasteiger partial charge < -0.3 is 16.2 Å². The number of nitrogens with one attached hydrogen (secondary N) is 1. The fourth-order valence-electron chi connectivity index (χ4n) is 2.97. The van der Waals surface area contributed by atoms with E-state index in [1.54, 1.807) is 37.4 Å². The molecule has 0 aliphatic carbocycles. The third-order valence-electron chi connectivity index (χ3n) is 4.41. The second kappa shape index (κ2) is 9.26. The number of hydrogen-bond acceptors (Lipinski definition) is 4. The quantitative estimate of drug-likeness (QED) is 0.536. The fraction of sp³-hybridized carbons (Fsp3) is 0.136. The Morgan fingerprint density at radius 1 is 1.13 bits per heavy atom. The maximum Gasteiger partial charge on any atom is 0.252 e. The summed E-state index contributed by atoms with van der Waals surface area (Å²) in [5, 5.41) is 12.6. The summed E-state index contributed by atoms with van der Waals surface area (Å²) in [6.45, 7) is 1.62. The van der Waals surface area contributed by atoms with Gasteiger partial charge in [-0.05, 0) is 48.9 Å². The first-order chi connectivity index (χ1) is 14.3. The number of hydrogen-bond donors (Lipinski definition) is 3. The standard InChI is InChI=1S/C22H19Cl2N3O3/c1-12(28)11-27-22(30)14-6-7-15(21(25)29)20(24)19(14)13-5-8-17(23)16(10-13)18-4-2-3-9-26-18/h2-10,12,28H,11H2,1H3,(H2,25,29)(H,27,30)/t12-/m1/s1. The van der Waals surface area contributed by atoms with Gasteiger partial charge in [0.2, 0.25) is 5.91 Å². The van der Waals surface area contributed by atoms with Crippen LogP contribution in [0.2, 0.25) is 10.0 Å². The highest BCUT2D eigenvalue weighted by Gasteiger charge is 2.22. The molecule has 8 heteroatoms. The molecule has 2 amide bonds. The van der Waals surface area contributed by atoms with Crippen LogP contribution in [0.1, 0.15) is 27.6 Å². The number of nitrogens with zero attached hydrogens (tertiary/aromatic N) is 1. The number of benzene rings is 2. The van der Waals surface area contributed by atoms with Crippen LogP contribution in [0.3, 0.4) is 0 Å². The Bertz CT molecular complexity index is 1100. The summed E-state index contributed by atoms with van der Waals surface area (Å²) in [5.74, 6) is -1.16. The maximum absolute atomic E-state index is 12.8. The molecule has 0 unspecified atom stereocenters. The minimum absolute atomic E-state index is 0.0569. The zero-order chi connectivity index (χ0) is 21.8. The van der Waals surface area contributed by atoms with Crippen molar-refractivity contribution in [2.75, 3.05) is 6.54 Å². The van der Waals surface area contributed by atoms with Crippen LogP contribution in [0.25, 0.3) is 22.4 Å². The van der Waals surface area contributed by atoms with Gasteiger partial charge in [0.15, 0.2) is 0 Å². The predicted octanol–water partition coefficient (Wildman–Crippen LogP) is 3.93. The number of nitrogens with two attached hydrogens (primary N) is 1. The molecular weight excluding hydrogens is 425 g/mol. The minimum atomic E-state index is -0.718. The zero-order valence-electron chi connectivity index (χ0n) is 16.0. The van der Waals surface area contributed by atoms with Crippen molar-refractivity contribution in [3.8, 4) is 22.4 Å². The SMILES string of the molecule is C[C@@H](O)CNC(=O)c1ccc(C(N)=O)c(Cl)c1-c1ccc(Cl)c(-c2ccccn2)c1. The minimum Gasteiger partial charge on any atom is -0.392 e. The van der Waals surface area contributed by atoms with Gasteiger partial charge in [0, 0.05) is 34.5 Å². The fourth-order valence-corrected chi connectivity index (χ4v) is 3.55. The van der Waals surface area contributed by atoms with Crippen molar-refractivity contribution >= 4 is 35.0 Å². The van der Waals surface area contributed by atoms with Crippen LogP contribution in [0.5, 0.6) is 0 Å². The van der Waals surface area contributed by atoms with Crippen LogP contribution in [0.15, 0.2) is 54.7 Å². The molecular formula is C22H19Cl2N3O3. The van der Waals surface area contributed by atoms with E-state index in [2.05, 4.69) is 10.3 Å². The first kappa shape index (κ1) is 21.8. The molecule has 2 aromatic carbocycles. The number of primary amides is 1. The van der Waals surface area contributed by atoms with Gasteiger partial charge in [0.05, 0.1) is 22.4 Å². The van der Waals surface area contributed by atoms with Crippen LogP contribution >= 0.6 is 23.2 Å². The zero-order valence-corrected chi connectivity index (χ0v) is 17.5. The molecule has 1 atom stereocenters. The molecule has 6 nitrogen and oxygen atoms in total. The van der Waals surface area contributed by atoms with Gasteiger partial charge >= 0.3 is 0 Å². The van der Waals surface area contributed by atoms with Crippen LogP contribution < -0.4 is 11.1 Å². The molecule has 0 aliphatic heterocycles. The second-order valence-electron chi connectivity index (χ2n) is 6.68. The van der Waals surface area contributed by atoms with Crippen molar-refractivity contribution in [1.29, 1.82) is 0 Å². The van der Waals surface area contributed by atoms with Gasteiger partial charge in [-0.3, -0.25) is 14.6 Å². The molecule has 3 aromatic rings. The first-order valence-electron chi connectivity index (χ1n) is 9.09. The van der Waals surface area contributed by atoms with Gasteiger partial charge in [0.25, 0.3) is 5.91 Å². The van der Waals surface area contributed by atoms with E-state index >= 15 is 0 Å². The first-order valence-corrected chi connectivity index (χ1v) is 9.85. The summed E-state index contributed by atoms with van der Waals surface area (Å²) in [7, 11) is 0. The molecule has 0 spiro atoms. The Kier molecular flexibility index (Phi) is 6.72. The summed E-state index contributed by atoms with van der Waals surface area (Å²) < 4.78 is 0. The number of aliphatic hydroxyl groups excluding tert-OH is 1. The van der Waals surface area contributed by atoms with Crippen molar-refractivity contribution in [2.45, 2.75) is 13.0 Å². The van der Waals surface area contributed by atoms with Crippen molar-refractivity contribution in [1.82, 2.24) is 10.3 Å². The summed E-state index contributed by atoms with van der Waals surface area (Å²) >= 11 is 12.9. The number of halogens is 2. The molecule has 0 fully saturated rings. The molecule has 1 aromatic heterocycles. The Labute approximate surface area is 183 Å². The van der Waals surface area contributed by atoms with Gasteiger partial charge in [-0.25, -0.2) is 0 Å². The number of aromatic nitrogens is 1. The predicted molar refractivity (Wildman–Crippen MR) is 118 cm³/mol. The second-order valence-corrected chi connectivity index (χ2v) is 7.47. The van der Waals surface area contributed by atoms with E-state index in [4.69, 9.17) is 28.9 Å². The van der Waals surface area contributed by atoms with E-state index in [-0.39, 0.29) is 22.7 Å². The lowest BCUT2D eigenvalue weighted by atomic mass is 9.94. The lowest BCUT2D eigenvalue weighted by Gasteiger charge is -2.16. The molecule has 4 N–H and O–H groups in total. The molecule has 30 heavy (non-hydrogen) atoms. The Morgan fingerprint density at radius 3 is 2.50 bits per heavy atom. The highest BCUT2D eigenvalue weighted by atomic mass is 35.5. The van der Waals surface area contributed by atoms with Crippen molar-refractivity contribution < 1.29 is 14.7 Å². The van der Waals surface area contributed by atoms with E-state index in [9.17, 15) is 14.7 Å². The Balaban J connectivity index is 2.19. The van der Waals surface area contributed by atoms with Crippen molar-refractivity contribution in [3.63, 3.8) is 0 Å². The van der Waals surface area contributed by atoms with Crippen LogP contribution in [0.4, 0.5) is 0 Å². The molecule has 0 saturated carbocycles. The van der Waals surface area contributed by atoms with E-state index in [1.165, 1.54) is 12.1 Å². The summed E-state index contributed by atoms with van der Waals surface area (Å²) in [4.78, 5) is 28.9. The molecule has 0 aliphatic rings. The Morgan fingerprint density at radius 2 is 1.87 bits per heavy atom. The highest BCUT2D eigenvalue weighted by molar-refractivity contribution is 6.37. The summed E-state index contributed by atoms with van der Waals surface area (Å²) in [6.07, 6.45) is 0.928. The lowest BCUT2D eigenvalue weighted by molar-refractivity contribution is 0.0923. The monoisotopic (exact) mass is 443 g/mol. The van der Waals surface area contributed by atoms with Crippen molar-refractivity contribution in [3.05, 3.63) is 75.9 Å². The molecule has 0 radical (unpaired) electrons. The number of carbonyl (C=O) groups is 2. The summed E-state index contributed by atoms with van der Waals surface area (Å²) in [6, 6.07) is 13.4. The van der Waals surface area contributed by atoms with Crippen LogP contribution in [0, 0.1) is 0 Å². The molecule has 1 heterocycles. The topological polar surface area (TPSA) is 105 Å². The number of pyridine rings is 1. The maximum atomic E-state index is 12.8. The molecule has 0 saturated heterocycles. The average Bonchev–Trinajstić information content (AvgIpc) is 2.72. The third-order valence-corrected chi connectivity index (χ3v) is 5.13. The number of aliphatic hydroxyl groups is 1. The number of amides is 2. The highest BCUT2D eigenvalue weighted by Crippen LogP contribution is 2.38. The van der Waals surface area contributed by atoms with Gasteiger partial charge in [0.1, 0.15) is 0 Å². The van der Waals surface area contributed by atoms with Gasteiger partial charge in [-0.15, -0.1) is 0 Å². The third kappa shape index (κ3) is 4.62. The normalized spacial score (nSPS) is 11.7. The van der Waals surface area contributed by atoms with E-state index in [0.717, 1.165) is 0 Å². The largest absolute Gasteiger partial charge is 0.392 e. The molecule has 3 rings (SSSR count). The summed E-state index contributed by atoms with van der Waals surface area (Å²) in [5.41, 5.74) is 7.96. The van der Waals surface area contributed by atoms with E-state index in [0.29, 0.717) is 27.4 Å². The van der Waals surface area contributed by atoms with Crippen LogP contribution in [-0.4, -0.2) is 34.6 Å². The number of rotatable bonds is 6. The lowest BCUT2D eigenvalue weighted by Crippen LogP contribution is -2.31. The number of carbonyl (C=O) groups excluding carboxylic acids is 2. The van der Waals surface area contributed by atoms with Gasteiger partial charge in [-0.2, -0.15) is 0 Å². The molecule has 0 bridgehead atoms. The van der Waals surface area contributed by atoms with E-state index < -0.39 is 17.9 Å². The van der Waals surface area contributed by atoms with Gasteiger partial charge in [-0.1, -0.05) is 35.3 Å². The Hall–Kier alpha value is -2.93. The smallest absolute Gasteiger partial charge is 0.252 e. The molecule has 154 valence electrons. The van der Waals surface area contributed by atoms with Crippen molar-refractivity contribution in [2.24, 2.45) is 5.73 Å². The van der Waals surface area contributed by atoms with Crippen LogP contribution in [-0.2, 0) is 0 Å². The average molecular weight is 444 g/mol. The van der Waals surface area contributed by atoms with E-state index in [1.807, 2.05) is 12.1 Å².